The van der Waals surface area contributed by atoms with Crippen LogP contribution in [0.15, 0.2) is 136 Å². The number of allylic oxidation sites excluding steroid dienone is 5. The third kappa shape index (κ3) is 9.17. The maximum atomic E-state index is 13.6. The number of nitrogens with zero attached hydrogens (tertiary/aromatic N) is 2. The molecule has 1 aliphatic carbocycles. The molecular weight excluding hydrogens is 745 g/mol. The van der Waals surface area contributed by atoms with E-state index in [1.54, 1.807) is 61.6 Å². The van der Waals surface area contributed by atoms with Crippen LogP contribution >= 0.6 is 0 Å². The summed E-state index contributed by atoms with van der Waals surface area (Å²) in [5, 5.41) is 23.7. The average Bonchev–Trinajstić information content (AvgIpc) is 3.11. The standard InChI is InChI=1S/C37H35N2O11S3/c1-3-38(24-25-7-5-9-32(21-25)51(42,43)44)29-15-11-26(12-16-29)36(34-20-19-31(40)23-35(34)53(48,49)50)27-13-17-30(18-14-27)39(4-2)37(41)28-8-6-10-33(22-28)52(45,46)47/h5-23,37H,3-4,24H2,1-2H3,(H3,42,43,44,45,46,47,48,49,50)/q-1/p+1. The molecule has 4 aromatic carbocycles. The van der Waals surface area contributed by atoms with Crippen LogP contribution < -0.4 is 10.0 Å². The van der Waals surface area contributed by atoms with Crippen molar-refractivity contribution in [3.63, 3.8) is 0 Å². The van der Waals surface area contributed by atoms with Gasteiger partial charge in [-0.1, -0.05) is 36.4 Å². The van der Waals surface area contributed by atoms with E-state index in [2.05, 4.69) is 0 Å². The second-order valence-corrected chi connectivity index (χ2v) is 16.2. The molecule has 0 aromatic heterocycles. The molecule has 4 aromatic rings. The molecule has 0 saturated carbocycles. The Balaban J connectivity index is 1.58. The third-order valence-corrected chi connectivity index (χ3v) is 11.1. The minimum atomic E-state index is -4.83. The minimum absolute atomic E-state index is 0.0799. The van der Waals surface area contributed by atoms with E-state index >= 15 is 0 Å². The van der Waals surface area contributed by atoms with E-state index in [0.717, 1.165) is 17.8 Å². The maximum absolute atomic E-state index is 13.6. The van der Waals surface area contributed by atoms with E-state index in [1.807, 2.05) is 11.5 Å². The zero-order chi connectivity index (χ0) is 38.7. The first-order chi connectivity index (χ1) is 24.9. The predicted octanol–water partition coefficient (Wildman–Crippen LogP) is 4.62. The zero-order valence-electron chi connectivity index (χ0n) is 28.4. The van der Waals surface area contributed by atoms with Gasteiger partial charge in [0.25, 0.3) is 30.4 Å². The number of aromatic hydroxyl groups is 1. The van der Waals surface area contributed by atoms with Gasteiger partial charge in [0.2, 0.25) is 0 Å². The SMILES string of the molecule is CCN(c1ccc(C(=C2C=CC(=[N+](CC)Cc3cccc(S(=O)(=O)O)c3)C=C2)c2ccc(O)cc2S(=O)(=O)O)cc1)C([O-])c1cccc(S(=O)(=O)O)c1. The third-order valence-electron chi connectivity index (χ3n) is 8.54. The van der Waals surface area contributed by atoms with Crippen LogP contribution in [0.3, 0.4) is 0 Å². The number of hydrogen-bond acceptors (Lipinski definition) is 9. The summed E-state index contributed by atoms with van der Waals surface area (Å²) in [6, 6.07) is 21.2. The van der Waals surface area contributed by atoms with E-state index in [-0.39, 0.29) is 28.3 Å². The second-order valence-electron chi connectivity index (χ2n) is 11.9. The number of rotatable bonds is 12. The molecule has 1 aliphatic rings. The first-order valence-corrected chi connectivity index (χ1v) is 20.4. The van der Waals surface area contributed by atoms with Gasteiger partial charge in [0.15, 0.2) is 12.3 Å². The number of phenolic OH excluding ortho intramolecular Hbond substituents is 1. The van der Waals surface area contributed by atoms with Crippen LogP contribution in [-0.4, -0.2) is 67.4 Å². The van der Waals surface area contributed by atoms with Crippen LogP contribution in [0.25, 0.3) is 5.57 Å². The molecule has 5 rings (SSSR count). The fourth-order valence-electron chi connectivity index (χ4n) is 5.97. The van der Waals surface area contributed by atoms with E-state index in [1.165, 1.54) is 53.4 Å². The summed E-state index contributed by atoms with van der Waals surface area (Å²) < 4.78 is 103. The molecule has 0 heterocycles. The van der Waals surface area contributed by atoms with Crippen LogP contribution in [0.5, 0.6) is 5.75 Å². The van der Waals surface area contributed by atoms with Gasteiger partial charge in [-0.25, -0.2) is 4.58 Å². The predicted molar refractivity (Wildman–Crippen MR) is 196 cm³/mol. The fraction of sp³-hybridized carbons (Fsp3) is 0.162. The van der Waals surface area contributed by atoms with Crippen molar-refractivity contribution in [1.82, 2.24) is 0 Å². The summed E-state index contributed by atoms with van der Waals surface area (Å²) in [5.74, 6) is -0.388. The van der Waals surface area contributed by atoms with Crippen LogP contribution in [-0.2, 0) is 36.9 Å². The van der Waals surface area contributed by atoms with Gasteiger partial charge in [-0.05, 0) is 103 Å². The largest absolute Gasteiger partial charge is 0.833 e. The second kappa shape index (κ2) is 15.6. The molecule has 0 bridgehead atoms. The van der Waals surface area contributed by atoms with Gasteiger partial charge in [0.1, 0.15) is 17.2 Å². The Labute approximate surface area is 308 Å². The smallest absolute Gasteiger partial charge is 0.295 e. The van der Waals surface area contributed by atoms with Crippen molar-refractivity contribution in [2.24, 2.45) is 0 Å². The van der Waals surface area contributed by atoms with Gasteiger partial charge in [-0.3, -0.25) is 13.7 Å². The summed E-state index contributed by atoms with van der Waals surface area (Å²) in [6.45, 7) is 4.69. The van der Waals surface area contributed by atoms with Gasteiger partial charge < -0.3 is 15.1 Å². The van der Waals surface area contributed by atoms with Gasteiger partial charge >= 0.3 is 0 Å². The molecule has 4 N–H and O–H groups in total. The molecule has 0 saturated heterocycles. The quantitative estimate of drug-likeness (QED) is 0.0881. The van der Waals surface area contributed by atoms with Gasteiger partial charge in [0, 0.05) is 41.6 Å². The van der Waals surface area contributed by atoms with Crippen molar-refractivity contribution < 1.29 is 53.7 Å². The van der Waals surface area contributed by atoms with Crippen molar-refractivity contribution >= 4 is 47.3 Å². The van der Waals surface area contributed by atoms with Crippen molar-refractivity contribution in [3.05, 3.63) is 143 Å². The van der Waals surface area contributed by atoms with Gasteiger partial charge in [-0.15, -0.1) is 0 Å². The van der Waals surface area contributed by atoms with Crippen LogP contribution in [0.2, 0.25) is 0 Å². The Bertz CT molecular complexity index is 2490. The molecule has 0 amide bonds. The molecule has 16 heteroatoms. The molecule has 1 unspecified atom stereocenters. The zero-order valence-corrected chi connectivity index (χ0v) is 30.9. The molecule has 278 valence electrons. The Hall–Kier alpha value is -4.94. The van der Waals surface area contributed by atoms with Crippen LogP contribution in [0.4, 0.5) is 5.69 Å². The summed E-state index contributed by atoms with van der Waals surface area (Å²) in [6.07, 6.45) is 5.50. The molecule has 13 nitrogen and oxygen atoms in total. The first kappa shape index (κ1) is 39.3. The topological polar surface area (TPSA) is 213 Å². The lowest BCUT2D eigenvalue weighted by atomic mass is 9.90. The highest BCUT2D eigenvalue weighted by Gasteiger charge is 2.24. The van der Waals surface area contributed by atoms with Crippen LogP contribution in [0, 0.1) is 0 Å². The summed E-state index contributed by atoms with van der Waals surface area (Å²) in [5.41, 5.74) is 3.39. The molecule has 53 heavy (non-hydrogen) atoms. The molecule has 0 aliphatic heterocycles. The molecule has 0 spiro atoms. The fourth-order valence-corrected chi connectivity index (χ4v) is 7.77. The number of hydrogen-bond donors (Lipinski definition) is 4. The van der Waals surface area contributed by atoms with Crippen LogP contribution in [0.1, 0.15) is 42.3 Å². The summed E-state index contributed by atoms with van der Waals surface area (Å²) in [4.78, 5) is 0.290. The van der Waals surface area contributed by atoms with Crippen molar-refractivity contribution in [2.75, 3.05) is 18.0 Å². The Morgan fingerprint density at radius 2 is 1.34 bits per heavy atom. The molecule has 1 atom stereocenters. The highest BCUT2D eigenvalue weighted by molar-refractivity contribution is 7.86. The highest BCUT2D eigenvalue weighted by Crippen LogP contribution is 2.36. The normalized spacial score (nSPS) is 13.9. The highest BCUT2D eigenvalue weighted by atomic mass is 32.2. The average molecular weight is 781 g/mol. The number of anilines is 1. The summed E-state index contributed by atoms with van der Waals surface area (Å²) >= 11 is 0. The first-order valence-electron chi connectivity index (χ1n) is 16.1. The van der Waals surface area contributed by atoms with Crippen molar-refractivity contribution in [1.29, 1.82) is 0 Å². The van der Waals surface area contributed by atoms with Gasteiger partial charge in [-0.2, -0.15) is 25.3 Å². The summed E-state index contributed by atoms with van der Waals surface area (Å²) in [7, 11) is -13.8. The van der Waals surface area contributed by atoms with E-state index in [4.69, 9.17) is 0 Å². The van der Waals surface area contributed by atoms with Crippen molar-refractivity contribution in [3.8, 4) is 5.75 Å². The lowest BCUT2D eigenvalue weighted by Gasteiger charge is -2.38. The lowest BCUT2D eigenvalue weighted by molar-refractivity contribution is -0.539. The van der Waals surface area contributed by atoms with E-state index < -0.39 is 46.4 Å². The number of phenols is 1. The van der Waals surface area contributed by atoms with E-state index in [9.17, 15) is 49.1 Å². The van der Waals surface area contributed by atoms with Gasteiger partial charge in [0.05, 0.1) is 9.79 Å². The molecule has 0 fully saturated rings. The Morgan fingerprint density at radius 3 is 1.91 bits per heavy atom. The van der Waals surface area contributed by atoms with E-state index in [0.29, 0.717) is 41.1 Å². The Morgan fingerprint density at radius 1 is 0.736 bits per heavy atom. The monoisotopic (exact) mass is 780 g/mol. The Kier molecular flexibility index (Phi) is 11.5. The van der Waals surface area contributed by atoms with Crippen molar-refractivity contribution in [2.45, 2.75) is 41.3 Å². The number of benzene rings is 4. The minimum Gasteiger partial charge on any atom is -0.833 e. The lowest BCUT2D eigenvalue weighted by Crippen LogP contribution is -2.37. The molecule has 0 radical (unpaired) electrons. The molecular formula is C37H36N2O11S3. The maximum Gasteiger partial charge on any atom is 0.295 e.